The summed E-state index contributed by atoms with van der Waals surface area (Å²) in [7, 11) is 0. The minimum atomic E-state index is -0.718. The average Bonchev–Trinajstić information content (AvgIpc) is 2.53. The Morgan fingerprint density at radius 1 is 1.00 bits per heavy atom. The third kappa shape index (κ3) is 5.59. The second kappa shape index (κ2) is 7.26. The van der Waals surface area contributed by atoms with Gasteiger partial charge in [-0.05, 0) is 77.4 Å². The number of rotatable bonds is 5. The number of pyridine rings is 1. The van der Waals surface area contributed by atoms with Crippen LogP contribution in [-0.4, -0.2) is 23.2 Å². The van der Waals surface area contributed by atoms with Gasteiger partial charge in [0.1, 0.15) is 18.0 Å². The van der Waals surface area contributed by atoms with Gasteiger partial charge < -0.3 is 9.47 Å². The molecule has 0 N–H and O–H groups in total. The molecule has 1 aromatic heterocycles. The average molecular weight is 341 g/mol. The molecule has 0 fully saturated rings. The zero-order valence-corrected chi connectivity index (χ0v) is 15.9. The van der Waals surface area contributed by atoms with E-state index in [4.69, 9.17) is 9.47 Å². The number of aromatic nitrogens is 1. The molecule has 25 heavy (non-hydrogen) atoms. The SMILES string of the molecule is Cc1ccc(-c2ccc(OCC(C)(C)C(=O)OC(C)(C)C)cc2)nc1. The van der Waals surface area contributed by atoms with Gasteiger partial charge in [-0.2, -0.15) is 0 Å². The maximum Gasteiger partial charge on any atom is 0.315 e. The normalized spacial score (nSPS) is 11.9. The van der Waals surface area contributed by atoms with Gasteiger partial charge in [-0.1, -0.05) is 6.07 Å². The first kappa shape index (κ1) is 19.0. The third-order valence-corrected chi connectivity index (χ3v) is 3.61. The van der Waals surface area contributed by atoms with Crippen LogP contribution in [0, 0.1) is 12.3 Å². The van der Waals surface area contributed by atoms with E-state index in [0.29, 0.717) is 5.75 Å². The quantitative estimate of drug-likeness (QED) is 0.733. The minimum Gasteiger partial charge on any atom is -0.492 e. The van der Waals surface area contributed by atoms with Crippen molar-refractivity contribution in [2.45, 2.75) is 47.1 Å². The topological polar surface area (TPSA) is 48.4 Å². The van der Waals surface area contributed by atoms with Crippen LogP contribution in [0.15, 0.2) is 42.6 Å². The van der Waals surface area contributed by atoms with Crippen molar-refractivity contribution in [2.24, 2.45) is 5.41 Å². The molecule has 2 rings (SSSR count). The fourth-order valence-electron chi connectivity index (χ4n) is 2.10. The molecule has 1 aromatic carbocycles. The summed E-state index contributed by atoms with van der Waals surface area (Å²) < 4.78 is 11.2. The van der Waals surface area contributed by atoms with Gasteiger partial charge in [-0.25, -0.2) is 0 Å². The van der Waals surface area contributed by atoms with E-state index in [9.17, 15) is 4.79 Å². The van der Waals surface area contributed by atoms with Crippen molar-refractivity contribution >= 4 is 5.97 Å². The minimum absolute atomic E-state index is 0.254. The van der Waals surface area contributed by atoms with Crippen molar-refractivity contribution in [1.29, 1.82) is 0 Å². The molecule has 0 saturated heterocycles. The molecule has 4 nitrogen and oxygen atoms in total. The van der Waals surface area contributed by atoms with E-state index in [0.717, 1.165) is 16.8 Å². The largest absolute Gasteiger partial charge is 0.492 e. The number of ether oxygens (including phenoxy) is 2. The molecule has 0 saturated carbocycles. The Morgan fingerprint density at radius 3 is 2.16 bits per heavy atom. The van der Waals surface area contributed by atoms with E-state index in [1.54, 1.807) is 0 Å². The van der Waals surface area contributed by atoms with Gasteiger partial charge in [0.2, 0.25) is 0 Å². The summed E-state index contributed by atoms with van der Waals surface area (Å²) in [6.45, 7) is 11.5. The zero-order chi connectivity index (χ0) is 18.7. The predicted octanol–water partition coefficient (Wildman–Crippen LogP) is 4.80. The first-order chi connectivity index (χ1) is 11.6. The van der Waals surface area contributed by atoms with Crippen molar-refractivity contribution in [3.8, 4) is 17.0 Å². The Balaban J connectivity index is 1.99. The lowest BCUT2D eigenvalue weighted by molar-refractivity contribution is -0.167. The van der Waals surface area contributed by atoms with Crippen LogP contribution in [0.4, 0.5) is 0 Å². The van der Waals surface area contributed by atoms with Gasteiger partial charge in [0, 0.05) is 11.8 Å². The van der Waals surface area contributed by atoms with E-state index in [2.05, 4.69) is 4.98 Å². The van der Waals surface area contributed by atoms with Crippen LogP contribution in [0.3, 0.4) is 0 Å². The highest BCUT2D eigenvalue weighted by Gasteiger charge is 2.33. The van der Waals surface area contributed by atoms with E-state index in [1.165, 1.54) is 0 Å². The molecule has 0 amide bonds. The molecule has 0 spiro atoms. The standard InChI is InChI=1S/C21H27NO3/c1-15-7-12-18(22-13-15)16-8-10-17(11-9-16)24-14-21(5,6)19(23)25-20(2,3)4/h7-13H,14H2,1-6H3. The maximum atomic E-state index is 12.3. The molecule has 0 aliphatic heterocycles. The Hall–Kier alpha value is -2.36. The number of benzene rings is 1. The van der Waals surface area contributed by atoms with Crippen LogP contribution < -0.4 is 4.74 Å². The van der Waals surface area contributed by atoms with Crippen LogP contribution in [0.5, 0.6) is 5.75 Å². The molecule has 134 valence electrons. The van der Waals surface area contributed by atoms with Gasteiger partial charge in [0.25, 0.3) is 0 Å². The van der Waals surface area contributed by atoms with Gasteiger partial charge in [0.15, 0.2) is 0 Å². The van der Waals surface area contributed by atoms with Gasteiger partial charge in [0.05, 0.1) is 11.1 Å². The molecular weight excluding hydrogens is 314 g/mol. The van der Waals surface area contributed by atoms with Crippen LogP contribution in [0.1, 0.15) is 40.2 Å². The Kier molecular flexibility index (Phi) is 5.51. The van der Waals surface area contributed by atoms with E-state index in [1.807, 2.05) is 84.1 Å². The summed E-state index contributed by atoms with van der Waals surface area (Å²) in [6.07, 6.45) is 1.85. The monoisotopic (exact) mass is 341 g/mol. The molecule has 0 atom stereocenters. The highest BCUT2D eigenvalue weighted by molar-refractivity contribution is 5.76. The van der Waals surface area contributed by atoms with E-state index in [-0.39, 0.29) is 12.6 Å². The van der Waals surface area contributed by atoms with Crippen molar-refractivity contribution in [3.63, 3.8) is 0 Å². The lowest BCUT2D eigenvalue weighted by Crippen LogP contribution is -2.37. The molecule has 4 heteroatoms. The highest BCUT2D eigenvalue weighted by atomic mass is 16.6. The smallest absolute Gasteiger partial charge is 0.315 e. The fourth-order valence-corrected chi connectivity index (χ4v) is 2.10. The second-order valence-electron chi connectivity index (χ2n) is 7.92. The van der Waals surface area contributed by atoms with Crippen molar-refractivity contribution in [1.82, 2.24) is 4.98 Å². The summed E-state index contributed by atoms with van der Waals surface area (Å²) in [4.78, 5) is 16.7. The molecular formula is C21H27NO3. The summed E-state index contributed by atoms with van der Waals surface area (Å²) in [5.41, 5.74) is 1.86. The van der Waals surface area contributed by atoms with Crippen molar-refractivity contribution in [3.05, 3.63) is 48.2 Å². The highest BCUT2D eigenvalue weighted by Crippen LogP contribution is 2.25. The predicted molar refractivity (Wildman–Crippen MR) is 99.5 cm³/mol. The van der Waals surface area contributed by atoms with Gasteiger partial charge in [-0.3, -0.25) is 9.78 Å². The third-order valence-electron chi connectivity index (χ3n) is 3.61. The molecule has 0 aliphatic rings. The zero-order valence-electron chi connectivity index (χ0n) is 15.9. The molecule has 0 radical (unpaired) electrons. The van der Waals surface area contributed by atoms with Crippen LogP contribution in [-0.2, 0) is 9.53 Å². The first-order valence-electron chi connectivity index (χ1n) is 8.46. The number of esters is 1. The molecule has 1 heterocycles. The van der Waals surface area contributed by atoms with Crippen LogP contribution in [0.2, 0.25) is 0 Å². The molecule has 0 aliphatic carbocycles. The molecule has 0 unspecified atom stereocenters. The lowest BCUT2D eigenvalue weighted by atomic mass is 9.94. The number of aryl methyl sites for hydroxylation is 1. The van der Waals surface area contributed by atoms with E-state index >= 15 is 0 Å². The summed E-state index contributed by atoms with van der Waals surface area (Å²) in [6, 6.07) is 11.7. The summed E-state index contributed by atoms with van der Waals surface area (Å²) >= 11 is 0. The van der Waals surface area contributed by atoms with E-state index < -0.39 is 11.0 Å². The second-order valence-corrected chi connectivity index (χ2v) is 7.92. The lowest BCUT2D eigenvalue weighted by Gasteiger charge is -2.28. The Labute approximate surface area is 150 Å². The number of hydrogen-bond acceptors (Lipinski definition) is 4. The van der Waals surface area contributed by atoms with Crippen LogP contribution >= 0.6 is 0 Å². The van der Waals surface area contributed by atoms with Gasteiger partial charge >= 0.3 is 5.97 Å². The number of hydrogen-bond donors (Lipinski definition) is 0. The van der Waals surface area contributed by atoms with Crippen LogP contribution in [0.25, 0.3) is 11.3 Å². The maximum absolute atomic E-state index is 12.3. The van der Waals surface area contributed by atoms with Crippen molar-refractivity contribution < 1.29 is 14.3 Å². The Morgan fingerprint density at radius 2 is 1.64 bits per heavy atom. The number of carbonyl (C=O) groups excluding carboxylic acids is 1. The first-order valence-corrected chi connectivity index (χ1v) is 8.46. The Bertz CT molecular complexity index is 710. The number of nitrogens with zero attached hydrogens (tertiary/aromatic N) is 1. The van der Waals surface area contributed by atoms with Crippen molar-refractivity contribution in [2.75, 3.05) is 6.61 Å². The summed E-state index contributed by atoms with van der Waals surface area (Å²) in [5, 5.41) is 0. The molecule has 0 bridgehead atoms. The summed E-state index contributed by atoms with van der Waals surface area (Å²) in [5.74, 6) is 0.452. The van der Waals surface area contributed by atoms with Gasteiger partial charge in [-0.15, -0.1) is 0 Å². The number of carbonyl (C=O) groups is 1. The molecule has 2 aromatic rings. The fraction of sp³-hybridized carbons (Fsp3) is 0.429.